The monoisotopic (exact) mass is 1050 g/mol. The van der Waals surface area contributed by atoms with Gasteiger partial charge < -0.3 is 37.9 Å². The van der Waals surface area contributed by atoms with E-state index in [1.807, 2.05) is 0 Å². The number of nitrogens with one attached hydrogen (secondary N) is 1. The molecule has 18 heteroatoms. The Bertz CT molecular complexity index is 3140. The maximum absolute atomic E-state index is 14.1. The molecule has 0 saturated heterocycles. The Balaban J connectivity index is 1.27. The van der Waals surface area contributed by atoms with Crippen LogP contribution in [-0.4, -0.2) is 73.4 Å². The normalized spacial score (nSPS) is 10.8. The number of anilines is 1. The number of esters is 6. The lowest BCUT2D eigenvalue weighted by atomic mass is 10.0. The Labute approximate surface area is 443 Å². The third-order valence-electron chi connectivity index (χ3n) is 10.9. The van der Waals surface area contributed by atoms with Gasteiger partial charge in [0, 0.05) is 40.1 Å². The van der Waals surface area contributed by atoms with Crippen LogP contribution in [0, 0.1) is 0 Å². The highest BCUT2D eigenvalue weighted by Crippen LogP contribution is 2.46. The molecule has 0 unspecified atom stereocenters. The minimum atomic E-state index is -0.885. The Hall–Kier alpha value is -8.90. The molecule has 5 aromatic carbocycles. The van der Waals surface area contributed by atoms with E-state index in [2.05, 4.69) is 41.8 Å². The van der Waals surface area contributed by atoms with E-state index in [1.54, 1.807) is 85.8 Å². The van der Waals surface area contributed by atoms with Crippen molar-refractivity contribution in [2.75, 3.05) is 31.9 Å². The quantitative estimate of drug-likeness (QED) is 0.0115. The molecule has 0 bridgehead atoms. The maximum Gasteiger partial charge on any atom is 0.343 e. The number of unbranched alkanes of at least 4 members (excludes halogenated alkanes) is 6. The number of fused-ring (bicyclic) bond motifs is 2. The summed E-state index contributed by atoms with van der Waals surface area (Å²) >= 11 is 1.19. The molecule has 1 aromatic heterocycles. The number of aromatic nitrogens is 1. The predicted molar refractivity (Wildman–Crippen MR) is 289 cm³/mol. The van der Waals surface area contributed by atoms with E-state index >= 15 is 0 Å². The molecule has 0 radical (unpaired) electrons. The molecule has 1 heterocycles. The van der Waals surface area contributed by atoms with Crippen LogP contribution in [-0.2, 0) is 28.7 Å². The molecule has 0 spiro atoms. The average Bonchev–Trinajstić information content (AvgIpc) is 3.83. The first-order chi connectivity index (χ1) is 36.7. The third-order valence-corrected chi connectivity index (χ3v) is 11.9. The molecule has 6 aromatic rings. The lowest BCUT2D eigenvalue weighted by molar-refractivity contribution is -0.138. The van der Waals surface area contributed by atoms with Gasteiger partial charge >= 0.3 is 35.8 Å². The fourth-order valence-corrected chi connectivity index (χ4v) is 7.82. The smallest absolute Gasteiger partial charge is 0.343 e. The molecule has 394 valence electrons. The van der Waals surface area contributed by atoms with Gasteiger partial charge in [0.05, 0.1) is 59.5 Å². The zero-order chi connectivity index (χ0) is 54.4. The Morgan fingerprint density at radius 3 is 1.55 bits per heavy atom. The number of benzene rings is 5. The van der Waals surface area contributed by atoms with E-state index in [4.69, 9.17) is 37.9 Å². The van der Waals surface area contributed by atoms with Gasteiger partial charge in [-0.25, -0.2) is 33.8 Å². The van der Waals surface area contributed by atoms with Crippen LogP contribution in [0.15, 0.2) is 146 Å². The van der Waals surface area contributed by atoms with E-state index < -0.39 is 35.8 Å². The van der Waals surface area contributed by atoms with Gasteiger partial charge in [-0.3, -0.25) is 5.43 Å². The Kier molecular flexibility index (Phi) is 21.2. The van der Waals surface area contributed by atoms with Gasteiger partial charge in [0.2, 0.25) is 5.13 Å². The zero-order valence-electron chi connectivity index (χ0n) is 42.2. The lowest BCUT2D eigenvalue weighted by Crippen LogP contribution is -2.16. The highest BCUT2D eigenvalue weighted by molar-refractivity contribution is 7.22. The summed E-state index contributed by atoms with van der Waals surface area (Å²) in [4.78, 5) is 81.0. The van der Waals surface area contributed by atoms with Gasteiger partial charge in [0.15, 0.2) is 17.2 Å². The number of ether oxygens (including phenoxy) is 8. The van der Waals surface area contributed by atoms with Crippen LogP contribution in [0.2, 0.25) is 0 Å². The predicted octanol–water partition coefficient (Wildman–Crippen LogP) is 11.6. The molecule has 76 heavy (non-hydrogen) atoms. The molecule has 0 saturated carbocycles. The standard InChI is InChI=1S/C58H57N3O14S/c1-7-49(62)70-33-17-11-9-15-31-68-41-25-21-39(22-26-41)56(66)73-51-44-19-13-14-20-45(44)52(75-57(67)40-23-27-42(28-24-40)69-32-16-10-12-18-34-71-50(63)8-2)53(74-55(65)38(5)6)46(51)36-59-61-58-60-47-30-29-43(35-48(47)76-58)72-54(64)37(3)4/h7-8,13-14,19-30,35-36H,1-3,5,9-12,15-18,31-34H2,4,6H3,(H,60,61)/b59-36+. The first-order valence-electron chi connectivity index (χ1n) is 24.3. The summed E-state index contributed by atoms with van der Waals surface area (Å²) in [6.45, 7) is 18.6. The summed E-state index contributed by atoms with van der Waals surface area (Å²) in [6, 6.07) is 24.2. The van der Waals surface area contributed by atoms with Crippen LogP contribution < -0.4 is 33.8 Å². The number of carbonyl (C=O) groups excluding carboxylic acids is 6. The summed E-state index contributed by atoms with van der Waals surface area (Å²) in [5, 5.41) is 5.28. The molecule has 17 nitrogen and oxygen atoms in total. The summed E-state index contributed by atoms with van der Waals surface area (Å²) in [7, 11) is 0. The van der Waals surface area contributed by atoms with Crippen molar-refractivity contribution in [2.24, 2.45) is 5.10 Å². The molecule has 1 N–H and O–H groups in total. The molecule has 0 aliphatic heterocycles. The van der Waals surface area contributed by atoms with Crippen molar-refractivity contribution >= 4 is 79.5 Å². The summed E-state index contributed by atoms with van der Waals surface area (Å²) in [5.41, 5.74) is 3.90. The van der Waals surface area contributed by atoms with Gasteiger partial charge in [0.25, 0.3) is 0 Å². The Morgan fingerprint density at radius 1 is 0.566 bits per heavy atom. The number of carbonyl (C=O) groups is 6. The number of rotatable bonds is 29. The number of hydrogen-bond acceptors (Lipinski definition) is 18. The second-order valence-corrected chi connectivity index (χ2v) is 17.9. The number of thiazole rings is 1. The van der Waals surface area contributed by atoms with Gasteiger partial charge in [-0.1, -0.05) is 61.9 Å². The van der Waals surface area contributed by atoms with Crippen LogP contribution >= 0.6 is 11.3 Å². The maximum atomic E-state index is 14.1. The van der Waals surface area contributed by atoms with Gasteiger partial charge in [-0.05, 0) is 126 Å². The molecule has 0 aliphatic carbocycles. The molecule has 6 rings (SSSR count). The first kappa shape index (κ1) is 56.4. The zero-order valence-corrected chi connectivity index (χ0v) is 43.0. The summed E-state index contributed by atoms with van der Waals surface area (Å²) in [5.74, 6) is -3.24. The lowest BCUT2D eigenvalue weighted by Gasteiger charge is -2.19. The third kappa shape index (κ3) is 16.6. The molecule has 0 fully saturated rings. The molecular formula is C58H57N3O14S. The van der Waals surface area contributed by atoms with Crippen LogP contribution in [0.3, 0.4) is 0 Å². The van der Waals surface area contributed by atoms with Crippen LogP contribution in [0.5, 0.6) is 34.5 Å². The van der Waals surface area contributed by atoms with Crippen LogP contribution in [0.25, 0.3) is 21.0 Å². The van der Waals surface area contributed by atoms with Crippen molar-refractivity contribution < 1.29 is 66.7 Å². The van der Waals surface area contributed by atoms with Crippen molar-refractivity contribution in [3.05, 3.63) is 157 Å². The second-order valence-electron chi connectivity index (χ2n) is 16.9. The molecule has 0 atom stereocenters. The van der Waals surface area contributed by atoms with Crippen LogP contribution in [0.4, 0.5) is 5.13 Å². The minimum Gasteiger partial charge on any atom is -0.494 e. The van der Waals surface area contributed by atoms with E-state index in [-0.39, 0.29) is 55.9 Å². The van der Waals surface area contributed by atoms with E-state index in [0.29, 0.717) is 59.0 Å². The SMILES string of the molecule is C=CC(=O)OCCCCCCOc1ccc(C(=O)Oc2c(/C=N/Nc3nc4ccc(OC(=O)C(=C)C)cc4s3)c(OC(=O)C(=C)C)c(OC(=O)c3ccc(OCCCCCCOC(=O)C=C)cc3)c3ccccc23)cc1. The van der Waals surface area contributed by atoms with Gasteiger partial charge in [0.1, 0.15) is 17.2 Å². The largest absolute Gasteiger partial charge is 0.494 e. The first-order valence-corrected chi connectivity index (χ1v) is 25.1. The van der Waals surface area contributed by atoms with Crippen molar-refractivity contribution in [3.8, 4) is 34.5 Å². The number of hydrazone groups is 1. The molecule has 0 amide bonds. The number of hydrogen-bond donors (Lipinski definition) is 1. The van der Waals surface area contributed by atoms with Crippen molar-refractivity contribution in [1.29, 1.82) is 0 Å². The van der Waals surface area contributed by atoms with Crippen LogP contribution in [0.1, 0.15) is 91.5 Å². The van der Waals surface area contributed by atoms with Crippen molar-refractivity contribution in [2.45, 2.75) is 65.2 Å². The fraction of sp³-hybridized carbons (Fsp3) is 0.241. The van der Waals surface area contributed by atoms with Gasteiger partial charge in [-0.2, -0.15) is 5.10 Å². The summed E-state index contributed by atoms with van der Waals surface area (Å²) in [6.07, 6.45) is 9.86. The van der Waals surface area contributed by atoms with Gasteiger partial charge in [-0.15, -0.1) is 0 Å². The second kappa shape index (κ2) is 28.5. The topological polar surface area (TPSA) is 214 Å². The molecule has 0 aliphatic rings. The van der Waals surface area contributed by atoms with E-state index in [9.17, 15) is 28.8 Å². The highest BCUT2D eigenvalue weighted by Gasteiger charge is 2.28. The van der Waals surface area contributed by atoms with Crippen molar-refractivity contribution in [3.63, 3.8) is 0 Å². The average molecular weight is 1050 g/mol. The highest BCUT2D eigenvalue weighted by atomic mass is 32.1. The van der Waals surface area contributed by atoms with E-state index in [0.717, 1.165) is 63.5 Å². The summed E-state index contributed by atoms with van der Waals surface area (Å²) < 4.78 is 46.2. The minimum absolute atomic E-state index is 0.00577. The fourth-order valence-electron chi connectivity index (χ4n) is 6.98. The molecular weight excluding hydrogens is 995 g/mol. The number of nitrogens with zero attached hydrogens (tertiary/aromatic N) is 2. The van der Waals surface area contributed by atoms with E-state index in [1.165, 1.54) is 36.6 Å². The Morgan fingerprint density at radius 2 is 1.04 bits per heavy atom. The van der Waals surface area contributed by atoms with Crippen molar-refractivity contribution in [1.82, 2.24) is 4.98 Å².